The molecule has 2 aliphatic heterocycles. The summed E-state index contributed by atoms with van der Waals surface area (Å²) in [7, 11) is 1.64. The lowest BCUT2D eigenvalue weighted by molar-refractivity contribution is -0.129. The summed E-state index contributed by atoms with van der Waals surface area (Å²) >= 11 is 0. The van der Waals surface area contributed by atoms with E-state index < -0.39 is 6.04 Å². The molecule has 0 saturated carbocycles. The monoisotopic (exact) mass is 375 g/mol. The molecule has 2 unspecified atom stereocenters. The van der Waals surface area contributed by atoms with Gasteiger partial charge in [0.2, 0.25) is 0 Å². The summed E-state index contributed by atoms with van der Waals surface area (Å²) in [6, 6.07) is 14.7. The van der Waals surface area contributed by atoms with Gasteiger partial charge in [0, 0.05) is 23.0 Å². The fourth-order valence-electron chi connectivity index (χ4n) is 4.48. The number of nitrogens with one attached hydrogen (secondary N) is 1. The molecule has 1 fully saturated rings. The average molecular weight is 375 g/mol. The van der Waals surface area contributed by atoms with E-state index in [4.69, 9.17) is 4.74 Å². The van der Waals surface area contributed by atoms with Gasteiger partial charge >= 0.3 is 6.03 Å². The van der Waals surface area contributed by atoms with Crippen molar-refractivity contribution < 1.29 is 14.3 Å². The standard InChI is InChI=1S/C22H21N3O3/c1-13-20-17(16-10-15(28-2)8-9-18(16)23-20)11-19-21(26)24(22(27)25(13)19)12-14-6-4-3-5-7-14/h3-10,13,19,23H,11-12H2,1-2H3. The molecule has 6 nitrogen and oxygen atoms in total. The molecule has 1 aromatic heterocycles. The van der Waals surface area contributed by atoms with Gasteiger partial charge in [-0.3, -0.25) is 9.69 Å². The highest BCUT2D eigenvalue weighted by Gasteiger charge is 2.50. The molecule has 3 aromatic rings. The third-order valence-corrected chi connectivity index (χ3v) is 5.90. The molecular formula is C22H21N3O3. The van der Waals surface area contributed by atoms with E-state index >= 15 is 0 Å². The van der Waals surface area contributed by atoms with Crippen LogP contribution in [0.3, 0.4) is 0 Å². The lowest BCUT2D eigenvalue weighted by atomic mass is 9.93. The normalized spacial score (nSPS) is 21.2. The minimum absolute atomic E-state index is 0.122. The average Bonchev–Trinajstić information content (AvgIpc) is 3.20. The Hall–Kier alpha value is -3.28. The Balaban J connectivity index is 1.53. The van der Waals surface area contributed by atoms with Crippen molar-refractivity contribution in [3.05, 3.63) is 65.4 Å². The minimum Gasteiger partial charge on any atom is -0.497 e. The van der Waals surface area contributed by atoms with Crippen molar-refractivity contribution in [3.8, 4) is 5.75 Å². The number of hydrogen-bond donors (Lipinski definition) is 1. The number of hydrogen-bond acceptors (Lipinski definition) is 3. The molecule has 2 aliphatic rings. The predicted molar refractivity (Wildman–Crippen MR) is 105 cm³/mol. The van der Waals surface area contributed by atoms with Crippen LogP contribution in [0.15, 0.2) is 48.5 Å². The van der Waals surface area contributed by atoms with E-state index in [9.17, 15) is 9.59 Å². The Morgan fingerprint density at radius 3 is 2.68 bits per heavy atom. The van der Waals surface area contributed by atoms with Gasteiger partial charge in [-0.25, -0.2) is 4.79 Å². The minimum atomic E-state index is -0.455. The van der Waals surface area contributed by atoms with Gasteiger partial charge in [0.05, 0.1) is 19.7 Å². The maximum absolute atomic E-state index is 13.1. The summed E-state index contributed by atoms with van der Waals surface area (Å²) in [5.74, 6) is 0.660. The smallest absolute Gasteiger partial charge is 0.328 e. The number of amides is 3. The summed E-state index contributed by atoms with van der Waals surface area (Å²) in [4.78, 5) is 32.8. The highest BCUT2D eigenvalue weighted by molar-refractivity contribution is 6.05. The van der Waals surface area contributed by atoms with Crippen LogP contribution >= 0.6 is 0 Å². The zero-order valence-electron chi connectivity index (χ0n) is 15.8. The topological polar surface area (TPSA) is 65.6 Å². The van der Waals surface area contributed by atoms with Crippen molar-refractivity contribution in [1.82, 2.24) is 14.8 Å². The van der Waals surface area contributed by atoms with Crippen molar-refractivity contribution in [2.24, 2.45) is 0 Å². The van der Waals surface area contributed by atoms with Gasteiger partial charge in [-0.2, -0.15) is 0 Å². The first-order valence-corrected chi connectivity index (χ1v) is 9.44. The fraction of sp³-hybridized carbons (Fsp3) is 0.273. The second kappa shape index (κ2) is 6.12. The number of H-pyrrole nitrogens is 1. The number of ether oxygens (including phenoxy) is 1. The Bertz CT molecular complexity index is 1090. The third-order valence-electron chi connectivity index (χ3n) is 5.90. The first-order valence-electron chi connectivity index (χ1n) is 9.44. The van der Waals surface area contributed by atoms with Crippen LogP contribution in [0.1, 0.15) is 29.8 Å². The molecule has 28 heavy (non-hydrogen) atoms. The number of imide groups is 1. The van der Waals surface area contributed by atoms with E-state index in [0.29, 0.717) is 13.0 Å². The maximum atomic E-state index is 13.1. The molecule has 0 radical (unpaired) electrons. The quantitative estimate of drug-likeness (QED) is 0.711. The Kier molecular flexibility index (Phi) is 3.69. The Morgan fingerprint density at radius 1 is 1.14 bits per heavy atom. The number of benzene rings is 2. The molecule has 1 N–H and O–H groups in total. The van der Waals surface area contributed by atoms with Crippen molar-refractivity contribution in [1.29, 1.82) is 0 Å². The first-order chi connectivity index (χ1) is 13.6. The van der Waals surface area contributed by atoms with Crippen molar-refractivity contribution in [2.75, 3.05) is 7.11 Å². The van der Waals surface area contributed by atoms with Gasteiger partial charge in [-0.1, -0.05) is 30.3 Å². The van der Waals surface area contributed by atoms with Crippen LogP contribution in [0.5, 0.6) is 5.75 Å². The molecule has 3 amide bonds. The van der Waals surface area contributed by atoms with Crippen LogP contribution in [0.25, 0.3) is 10.9 Å². The number of nitrogens with zero attached hydrogens (tertiary/aromatic N) is 2. The number of urea groups is 1. The summed E-state index contributed by atoms with van der Waals surface area (Å²) in [5.41, 5.74) is 4.05. The van der Waals surface area contributed by atoms with Gasteiger partial charge in [0.25, 0.3) is 5.91 Å². The molecule has 0 aliphatic carbocycles. The van der Waals surface area contributed by atoms with E-state index in [1.807, 2.05) is 55.5 Å². The molecular weight excluding hydrogens is 354 g/mol. The molecule has 0 spiro atoms. The van der Waals surface area contributed by atoms with E-state index in [0.717, 1.165) is 33.5 Å². The van der Waals surface area contributed by atoms with Crippen LogP contribution in [-0.4, -0.2) is 39.9 Å². The van der Waals surface area contributed by atoms with Crippen molar-refractivity contribution in [3.63, 3.8) is 0 Å². The van der Waals surface area contributed by atoms with E-state index in [-0.39, 0.29) is 18.0 Å². The molecule has 5 rings (SSSR count). The lowest BCUT2D eigenvalue weighted by Gasteiger charge is -2.33. The number of rotatable bonds is 3. The molecule has 0 bridgehead atoms. The Morgan fingerprint density at radius 2 is 1.93 bits per heavy atom. The fourth-order valence-corrected chi connectivity index (χ4v) is 4.48. The maximum Gasteiger partial charge on any atom is 0.328 e. The molecule has 1 saturated heterocycles. The van der Waals surface area contributed by atoms with Crippen molar-refractivity contribution >= 4 is 22.8 Å². The van der Waals surface area contributed by atoms with Crippen LogP contribution < -0.4 is 4.74 Å². The van der Waals surface area contributed by atoms with Gasteiger partial charge in [-0.15, -0.1) is 0 Å². The number of methoxy groups -OCH3 is 1. The number of carbonyl (C=O) groups is 2. The van der Waals surface area contributed by atoms with E-state index in [2.05, 4.69) is 4.98 Å². The highest BCUT2D eigenvalue weighted by atomic mass is 16.5. The first kappa shape index (κ1) is 16.9. The van der Waals surface area contributed by atoms with E-state index in [1.165, 1.54) is 4.90 Å². The number of carbonyl (C=O) groups excluding carboxylic acids is 2. The molecule has 2 aromatic carbocycles. The highest BCUT2D eigenvalue weighted by Crippen LogP contribution is 2.41. The number of aromatic nitrogens is 1. The zero-order chi connectivity index (χ0) is 19.4. The summed E-state index contributed by atoms with van der Waals surface area (Å²) < 4.78 is 5.36. The van der Waals surface area contributed by atoms with Gasteiger partial charge in [0.15, 0.2) is 0 Å². The second-order valence-corrected chi connectivity index (χ2v) is 7.42. The SMILES string of the molecule is COc1ccc2[nH]c3c(c2c1)CC1C(=O)N(Cc2ccccc2)C(=O)N1C3C. The van der Waals surface area contributed by atoms with Crippen LogP contribution in [-0.2, 0) is 17.8 Å². The molecule has 3 heterocycles. The summed E-state index contributed by atoms with van der Waals surface area (Å²) in [6.07, 6.45) is 0.517. The van der Waals surface area contributed by atoms with Crippen LogP contribution in [0, 0.1) is 0 Å². The molecule has 6 heteroatoms. The summed E-state index contributed by atoms with van der Waals surface area (Å²) in [5, 5.41) is 1.06. The number of fused-ring (bicyclic) bond motifs is 4. The largest absolute Gasteiger partial charge is 0.497 e. The van der Waals surface area contributed by atoms with Gasteiger partial charge < -0.3 is 14.6 Å². The number of aromatic amines is 1. The van der Waals surface area contributed by atoms with Crippen LogP contribution in [0.2, 0.25) is 0 Å². The van der Waals surface area contributed by atoms with Crippen LogP contribution in [0.4, 0.5) is 4.79 Å². The van der Waals surface area contributed by atoms with E-state index in [1.54, 1.807) is 12.0 Å². The predicted octanol–water partition coefficient (Wildman–Crippen LogP) is 3.63. The second-order valence-electron chi connectivity index (χ2n) is 7.42. The third kappa shape index (κ3) is 2.34. The van der Waals surface area contributed by atoms with Crippen molar-refractivity contribution in [2.45, 2.75) is 32.0 Å². The Labute approximate surface area is 162 Å². The lowest BCUT2D eigenvalue weighted by Crippen LogP contribution is -2.42. The molecule has 142 valence electrons. The zero-order valence-corrected chi connectivity index (χ0v) is 15.8. The van der Waals surface area contributed by atoms with Gasteiger partial charge in [-0.05, 0) is 36.2 Å². The van der Waals surface area contributed by atoms with Gasteiger partial charge in [0.1, 0.15) is 11.8 Å². The molecule has 2 atom stereocenters. The summed E-state index contributed by atoms with van der Waals surface area (Å²) in [6.45, 7) is 2.29.